The van der Waals surface area contributed by atoms with Crippen LogP contribution < -0.4 is 4.74 Å². The Bertz CT molecular complexity index is 680. The van der Waals surface area contributed by atoms with Crippen molar-refractivity contribution in [1.29, 1.82) is 0 Å². The summed E-state index contributed by atoms with van der Waals surface area (Å²) in [5.74, 6) is 0.645. The minimum absolute atomic E-state index is 0.278. The molecule has 2 aromatic rings. The normalized spacial score (nSPS) is 10.8. The number of aryl methyl sites for hydroxylation is 3. The van der Waals surface area contributed by atoms with Gasteiger partial charge in [0, 0.05) is 18.4 Å². The number of halogens is 1. The van der Waals surface area contributed by atoms with Gasteiger partial charge in [0.1, 0.15) is 0 Å². The van der Waals surface area contributed by atoms with Gasteiger partial charge in [-0.15, -0.1) is 11.6 Å². The molecule has 1 aromatic heterocycles. The van der Waals surface area contributed by atoms with Crippen molar-refractivity contribution in [2.75, 3.05) is 5.88 Å². The summed E-state index contributed by atoms with van der Waals surface area (Å²) >= 11 is 5.63. The summed E-state index contributed by atoms with van der Waals surface area (Å²) in [7, 11) is 0. The van der Waals surface area contributed by atoms with Gasteiger partial charge in [-0.2, -0.15) is 5.10 Å². The lowest BCUT2D eigenvalue weighted by molar-refractivity contribution is -0.134. The van der Waals surface area contributed by atoms with Crippen LogP contribution in [-0.2, 0) is 11.2 Å². The number of ether oxygens (including phenoxy) is 1. The van der Waals surface area contributed by atoms with Gasteiger partial charge in [-0.25, -0.2) is 4.68 Å². The molecule has 0 spiro atoms. The second kappa shape index (κ2) is 8.16. The van der Waals surface area contributed by atoms with E-state index in [1.165, 1.54) is 5.56 Å². The number of hydrogen-bond acceptors (Lipinski definition) is 3. The fourth-order valence-electron chi connectivity index (χ4n) is 2.46. The summed E-state index contributed by atoms with van der Waals surface area (Å²) in [5, 5.41) is 4.61. The van der Waals surface area contributed by atoms with Crippen LogP contribution in [0.15, 0.2) is 24.3 Å². The lowest BCUT2D eigenvalue weighted by Crippen LogP contribution is -2.12. The number of nitrogens with zero attached hydrogens (tertiary/aromatic N) is 2. The van der Waals surface area contributed by atoms with Crippen LogP contribution in [0.1, 0.15) is 43.0 Å². The number of hydrogen-bond donors (Lipinski definition) is 0. The van der Waals surface area contributed by atoms with E-state index in [9.17, 15) is 4.79 Å². The fraction of sp³-hybridized carbons (Fsp3) is 0.444. The molecule has 1 heterocycles. The first-order chi connectivity index (χ1) is 11.0. The zero-order chi connectivity index (χ0) is 16.8. The minimum Gasteiger partial charge on any atom is -0.407 e. The van der Waals surface area contributed by atoms with Crippen LogP contribution in [0.2, 0.25) is 0 Å². The van der Waals surface area contributed by atoms with Crippen molar-refractivity contribution in [3.05, 3.63) is 41.1 Å². The van der Waals surface area contributed by atoms with E-state index in [0.29, 0.717) is 24.6 Å². The quantitative estimate of drug-likeness (QED) is 0.558. The van der Waals surface area contributed by atoms with Crippen molar-refractivity contribution < 1.29 is 9.53 Å². The molecular weight excluding hydrogens is 312 g/mol. The molecule has 5 heteroatoms. The van der Waals surface area contributed by atoms with E-state index < -0.39 is 0 Å². The number of benzene rings is 1. The largest absolute Gasteiger partial charge is 0.407 e. The van der Waals surface area contributed by atoms with Crippen molar-refractivity contribution in [3.8, 4) is 11.6 Å². The van der Waals surface area contributed by atoms with E-state index in [2.05, 4.69) is 25.0 Å². The summed E-state index contributed by atoms with van der Waals surface area (Å²) in [6, 6.07) is 7.98. The molecular formula is C18H23ClN2O2. The molecule has 0 aliphatic rings. The van der Waals surface area contributed by atoms with Gasteiger partial charge in [0.25, 0.3) is 0 Å². The zero-order valence-corrected chi connectivity index (χ0v) is 14.7. The third-order valence-corrected chi connectivity index (χ3v) is 3.81. The summed E-state index contributed by atoms with van der Waals surface area (Å²) in [4.78, 5) is 11.9. The van der Waals surface area contributed by atoms with Crippen molar-refractivity contribution in [2.45, 2.75) is 46.5 Å². The van der Waals surface area contributed by atoms with E-state index in [-0.39, 0.29) is 5.97 Å². The number of esters is 1. The van der Waals surface area contributed by atoms with E-state index in [0.717, 1.165) is 29.8 Å². The van der Waals surface area contributed by atoms with Crippen LogP contribution in [0.5, 0.6) is 5.88 Å². The SMILES string of the molecule is CCCc1cc(OC(=O)CCCCl)n(-c2ccc(C)cc2C)n1. The fourth-order valence-corrected chi connectivity index (χ4v) is 2.59. The summed E-state index contributed by atoms with van der Waals surface area (Å²) in [6.45, 7) is 6.18. The number of rotatable bonds is 7. The van der Waals surface area contributed by atoms with Crippen LogP contribution in [0, 0.1) is 13.8 Å². The van der Waals surface area contributed by atoms with Gasteiger partial charge in [0.05, 0.1) is 11.4 Å². The topological polar surface area (TPSA) is 44.1 Å². The van der Waals surface area contributed by atoms with Crippen molar-refractivity contribution in [2.24, 2.45) is 0 Å². The Kier molecular flexibility index (Phi) is 6.22. The number of carbonyl (C=O) groups is 1. The van der Waals surface area contributed by atoms with E-state index >= 15 is 0 Å². The Morgan fingerprint density at radius 3 is 2.74 bits per heavy atom. The first-order valence-corrected chi connectivity index (χ1v) is 8.51. The molecule has 0 amide bonds. The van der Waals surface area contributed by atoms with Crippen molar-refractivity contribution in [1.82, 2.24) is 9.78 Å². The molecule has 0 fully saturated rings. The average molecular weight is 335 g/mol. The number of aromatic nitrogens is 2. The highest BCUT2D eigenvalue weighted by Crippen LogP contribution is 2.24. The number of alkyl halides is 1. The van der Waals surface area contributed by atoms with Gasteiger partial charge in [0.15, 0.2) is 0 Å². The Morgan fingerprint density at radius 2 is 2.09 bits per heavy atom. The summed E-state index contributed by atoms with van der Waals surface area (Å²) < 4.78 is 7.24. The molecule has 1 aromatic carbocycles. The molecule has 0 radical (unpaired) electrons. The smallest absolute Gasteiger partial charge is 0.312 e. The highest BCUT2D eigenvalue weighted by molar-refractivity contribution is 6.17. The van der Waals surface area contributed by atoms with Crippen molar-refractivity contribution in [3.63, 3.8) is 0 Å². The molecule has 0 bridgehead atoms. The Labute approximate surface area is 142 Å². The van der Waals surface area contributed by atoms with Gasteiger partial charge in [-0.1, -0.05) is 31.0 Å². The predicted octanol–water partition coefficient (Wildman–Crippen LogP) is 4.37. The lowest BCUT2D eigenvalue weighted by atomic mass is 10.1. The third kappa shape index (κ3) is 4.58. The Morgan fingerprint density at radius 1 is 1.30 bits per heavy atom. The molecule has 0 aliphatic heterocycles. The van der Waals surface area contributed by atoms with Crippen LogP contribution >= 0.6 is 11.6 Å². The van der Waals surface area contributed by atoms with E-state index in [1.54, 1.807) is 4.68 Å². The zero-order valence-electron chi connectivity index (χ0n) is 13.9. The second-order valence-corrected chi connectivity index (χ2v) is 6.07. The molecule has 0 N–H and O–H groups in total. The Hall–Kier alpha value is -1.81. The molecule has 4 nitrogen and oxygen atoms in total. The van der Waals surface area contributed by atoms with Gasteiger partial charge in [-0.3, -0.25) is 4.79 Å². The van der Waals surface area contributed by atoms with Gasteiger partial charge in [0.2, 0.25) is 5.88 Å². The molecule has 0 saturated carbocycles. The summed E-state index contributed by atoms with van der Waals surface area (Å²) in [5.41, 5.74) is 4.13. The van der Waals surface area contributed by atoms with Crippen LogP contribution in [-0.4, -0.2) is 21.6 Å². The molecule has 0 unspecified atom stereocenters. The van der Waals surface area contributed by atoms with E-state index in [1.807, 2.05) is 25.1 Å². The first kappa shape index (κ1) is 17.5. The maximum Gasteiger partial charge on any atom is 0.312 e. The molecule has 0 atom stereocenters. The van der Waals surface area contributed by atoms with Gasteiger partial charge in [-0.05, 0) is 38.3 Å². The third-order valence-electron chi connectivity index (χ3n) is 3.55. The minimum atomic E-state index is -0.278. The van der Waals surface area contributed by atoms with Gasteiger partial charge >= 0.3 is 5.97 Å². The van der Waals surface area contributed by atoms with Crippen molar-refractivity contribution >= 4 is 17.6 Å². The average Bonchev–Trinajstić information content (AvgIpc) is 2.88. The predicted molar refractivity (Wildman–Crippen MR) is 92.6 cm³/mol. The molecule has 2 rings (SSSR count). The van der Waals surface area contributed by atoms with Crippen LogP contribution in [0.25, 0.3) is 5.69 Å². The monoisotopic (exact) mass is 334 g/mol. The molecule has 23 heavy (non-hydrogen) atoms. The second-order valence-electron chi connectivity index (χ2n) is 5.69. The van der Waals surface area contributed by atoms with Crippen LogP contribution in [0.4, 0.5) is 0 Å². The standard InChI is InChI=1S/C18H23ClN2O2/c1-4-6-15-12-17(23-18(22)7-5-10-19)21(20-15)16-9-8-13(2)11-14(16)3/h8-9,11-12H,4-7,10H2,1-3H3. The first-order valence-electron chi connectivity index (χ1n) is 7.98. The molecule has 124 valence electrons. The maximum absolute atomic E-state index is 11.9. The van der Waals surface area contributed by atoms with E-state index in [4.69, 9.17) is 16.3 Å². The van der Waals surface area contributed by atoms with Crippen LogP contribution in [0.3, 0.4) is 0 Å². The maximum atomic E-state index is 11.9. The highest BCUT2D eigenvalue weighted by atomic mass is 35.5. The number of carbonyl (C=O) groups excluding carboxylic acids is 1. The van der Waals surface area contributed by atoms with Gasteiger partial charge < -0.3 is 4.74 Å². The Balaban J connectivity index is 2.34. The summed E-state index contributed by atoms with van der Waals surface area (Å²) in [6.07, 6.45) is 2.76. The lowest BCUT2D eigenvalue weighted by Gasteiger charge is -2.10. The molecule has 0 aliphatic carbocycles. The molecule has 0 saturated heterocycles. The highest BCUT2D eigenvalue weighted by Gasteiger charge is 2.15.